The topological polar surface area (TPSA) is 114 Å². The molecule has 2 N–H and O–H groups in total. The van der Waals surface area contributed by atoms with E-state index in [0.29, 0.717) is 11.1 Å². The SMILES string of the molecule is O=C(CSc1n[nH]c(CC2CCCC2)n1)Nc1ccc(Cl)cc1[N+](=O)[O-]. The molecule has 1 aliphatic carbocycles. The number of amides is 1. The summed E-state index contributed by atoms with van der Waals surface area (Å²) in [5, 5.41) is 21.3. The van der Waals surface area contributed by atoms with Crippen molar-refractivity contribution >= 4 is 40.6 Å². The molecule has 8 nitrogen and oxygen atoms in total. The Morgan fingerprint density at radius 2 is 2.19 bits per heavy atom. The van der Waals surface area contributed by atoms with Gasteiger partial charge in [0.1, 0.15) is 11.5 Å². The molecule has 1 aliphatic rings. The highest BCUT2D eigenvalue weighted by atomic mass is 35.5. The first-order valence-electron chi connectivity index (χ1n) is 8.29. The number of benzene rings is 1. The number of thioether (sulfide) groups is 1. The molecule has 2 aromatic rings. The highest BCUT2D eigenvalue weighted by molar-refractivity contribution is 7.99. The zero-order chi connectivity index (χ0) is 18.5. The summed E-state index contributed by atoms with van der Waals surface area (Å²) in [6.45, 7) is 0. The number of aromatic amines is 1. The average Bonchev–Trinajstić information content (AvgIpc) is 3.27. The molecule has 10 heteroatoms. The first-order chi connectivity index (χ1) is 12.5. The van der Waals surface area contributed by atoms with Gasteiger partial charge in [-0.15, -0.1) is 5.10 Å². The first-order valence-corrected chi connectivity index (χ1v) is 9.65. The van der Waals surface area contributed by atoms with Crippen LogP contribution >= 0.6 is 23.4 Å². The summed E-state index contributed by atoms with van der Waals surface area (Å²) in [5.74, 6) is 1.19. The molecule has 0 radical (unpaired) electrons. The average molecular weight is 396 g/mol. The van der Waals surface area contributed by atoms with Gasteiger partial charge < -0.3 is 5.32 Å². The first kappa shape index (κ1) is 18.7. The number of nitrogens with one attached hydrogen (secondary N) is 2. The van der Waals surface area contributed by atoms with Crippen LogP contribution in [-0.2, 0) is 11.2 Å². The molecule has 0 bridgehead atoms. The fraction of sp³-hybridized carbons (Fsp3) is 0.438. The van der Waals surface area contributed by atoms with Crippen molar-refractivity contribution in [2.24, 2.45) is 5.92 Å². The van der Waals surface area contributed by atoms with E-state index in [-0.39, 0.29) is 28.1 Å². The number of carbonyl (C=O) groups is 1. The molecule has 0 saturated heterocycles. The van der Waals surface area contributed by atoms with Crippen LogP contribution in [0.25, 0.3) is 0 Å². The summed E-state index contributed by atoms with van der Waals surface area (Å²) in [6.07, 6.45) is 5.89. The third kappa shape index (κ3) is 4.95. The van der Waals surface area contributed by atoms with Gasteiger partial charge in [-0.25, -0.2) is 4.98 Å². The van der Waals surface area contributed by atoms with Gasteiger partial charge in [0.25, 0.3) is 5.69 Å². The fourth-order valence-electron chi connectivity index (χ4n) is 3.00. The molecular weight excluding hydrogens is 378 g/mol. The quantitative estimate of drug-likeness (QED) is 0.418. The number of halogens is 1. The molecule has 0 spiro atoms. The predicted molar refractivity (Wildman–Crippen MR) is 99.5 cm³/mol. The van der Waals surface area contributed by atoms with Crippen LogP contribution in [0.4, 0.5) is 11.4 Å². The molecule has 1 aromatic heterocycles. The number of nitro benzene ring substituents is 1. The molecule has 0 unspecified atom stereocenters. The number of hydrogen-bond donors (Lipinski definition) is 2. The summed E-state index contributed by atoms with van der Waals surface area (Å²) in [7, 11) is 0. The Morgan fingerprint density at radius 1 is 1.42 bits per heavy atom. The van der Waals surface area contributed by atoms with Gasteiger partial charge in [0, 0.05) is 17.5 Å². The summed E-state index contributed by atoms with van der Waals surface area (Å²) < 4.78 is 0. The van der Waals surface area contributed by atoms with Crippen molar-refractivity contribution < 1.29 is 9.72 Å². The van der Waals surface area contributed by atoms with Crippen LogP contribution in [-0.4, -0.2) is 31.8 Å². The number of nitrogens with zero attached hydrogens (tertiary/aromatic N) is 3. The Balaban J connectivity index is 1.53. The second kappa shape index (κ2) is 8.50. The maximum Gasteiger partial charge on any atom is 0.294 e. The third-order valence-corrected chi connectivity index (χ3v) is 5.31. The molecule has 1 amide bonds. The minimum Gasteiger partial charge on any atom is -0.320 e. The Bertz CT molecular complexity index is 807. The lowest BCUT2D eigenvalue weighted by molar-refractivity contribution is -0.383. The normalized spacial score (nSPS) is 14.5. The maximum absolute atomic E-state index is 12.1. The van der Waals surface area contributed by atoms with Crippen molar-refractivity contribution in [3.8, 4) is 0 Å². The highest BCUT2D eigenvalue weighted by Gasteiger charge is 2.19. The van der Waals surface area contributed by atoms with E-state index in [1.54, 1.807) is 0 Å². The second-order valence-electron chi connectivity index (χ2n) is 6.17. The van der Waals surface area contributed by atoms with Crippen LogP contribution in [0.5, 0.6) is 0 Å². The lowest BCUT2D eigenvalue weighted by Crippen LogP contribution is -2.15. The zero-order valence-electron chi connectivity index (χ0n) is 13.9. The van der Waals surface area contributed by atoms with Crippen LogP contribution in [0, 0.1) is 16.0 Å². The van der Waals surface area contributed by atoms with Gasteiger partial charge in [0.2, 0.25) is 11.1 Å². The summed E-state index contributed by atoms with van der Waals surface area (Å²) in [6, 6.07) is 4.10. The minimum atomic E-state index is -0.584. The molecule has 0 aliphatic heterocycles. The van der Waals surface area contributed by atoms with Gasteiger partial charge >= 0.3 is 0 Å². The van der Waals surface area contributed by atoms with Crippen molar-refractivity contribution in [2.45, 2.75) is 37.3 Å². The second-order valence-corrected chi connectivity index (χ2v) is 7.55. The number of carbonyl (C=O) groups excluding carboxylic acids is 1. The van der Waals surface area contributed by atoms with Crippen molar-refractivity contribution in [2.75, 3.05) is 11.1 Å². The van der Waals surface area contributed by atoms with Gasteiger partial charge in [-0.05, 0) is 18.1 Å². The summed E-state index contributed by atoms with van der Waals surface area (Å²) >= 11 is 6.94. The van der Waals surface area contributed by atoms with Crippen molar-refractivity contribution in [3.63, 3.8) is 0 Å². The van der Waals surface area contributed by atoms with E-state index >= 15 is 0 Å². The van der Waals surface area contributed by atoms with Gasteiger partial charge in [-0.3, -0.25) is 20.0 Å². The Hall–Kier alpha value is -2.13. The van der Waals surface area contributed by atoms with Crippen molar-refractivity contribution in [1.29, 1.82) is 0 Å². The van der Waals surface area contributed by atoms with E-state index in [9.17, 15) is 14.9 Å². The van der Waals surface area contributed by atoms with E-state index in [1.807, 2.05) is 0 Å². The monoisotopic (exact) mass is 395 g/mol. The molecule has 0 atom stereocenters. The molecular formula is C16H18ClN5O3S. The molecule has 1 saturated carbocycles. The zero-order valence-corrected chi connectivity index (χ0v) is 15.5. The van der Waals surface area contributed by atoms with Crippen LogP contribution in [0.3, 0.4) is 0 Å². The summed E-state index contributed by atoms with van der Waals surface area (Å²) in [4.78, 5) is 26.9. The molecule has 138 valence electrons. The third-order valence-electron chi connectivity index (χ3n) is 4.23. The number of hydrogen-bond acceptors (Lipinski definition) is 6. The maximum atomic E-state index is 12.1. The van der Waals surface area contributed by atoms with Crippen molar-refractivity contribution in [3.05, 3.63) is 39.2 Å². The van der Waals surface area contributed by atoms with E-state index in [2.05, 4.69) is 20.5 Å². The van der Waals surface area contributed by atoms with Crippen LogP contribution in [0.2, 0.25) is 5.02 Å². The van der Waals surface area contributed by atoms with E-state index in [4.69, 9.17) is 11.6 Å². The van der Waals surface area contributed by atoms with Gasteiger partial charge in [-0.1, -0.05) is 49.0 Å². The lowest BCUT2D eigenvalue weighted by atomic mass is 10.0. The van der Waals surface area contributed by atoms with Crippen LogP contribution in [0.1, 0.15) is 31.5 Å². The smallest absolute Gasteiger partial charge is 0.294 e. The van der Waals surface area contributed by atoms with Gasteiger partial charge in [0.15, 0.2) is 0 Å². The van der Waals surface area contributed by atoms with Gasteiger partial charge in [0.05, 0.1) is 10.7 Å². The summed E-state index contributed by atoms with van der Waals surface area (Å²) in [5.41, 5.74) is -0.130. The lowest BCUT2D eigenvalue weighted by Gasteiger charge is -2.05. The molecule has 1 aromatic carbocycles. The molecule has 1 fully saturated rings. The number of rotatable bonds is 7. The van der Waals surface area contributed by atoms with E-state index in [0.717, 1.165) is 12.2 Å². The standard InChI is InChI=1S/C16H18ClN5O3S/c17-11-5-6-12(13(8-11)22(24)25)18-15(23)9-26-16-19-14(20-21-16)7-10-3-1-2-4-10/h5-6,8,10H,1-4,7,9H2,(H,18,23)(H,19,20,21). The van der Waals surface area contributed by atoms with Crippen LogP contribution in [0.15, 0.2) is 23.4 Å². The Labute approximate surface area is 159 Å². The molecule has 1 heterocycles. The minimum absolute atomic E-state index is 0.0561. The number of aromatic nitrogens is 3. The van der Waals surface area contributed by atoms with Crippen LogP contribution < -0.4 is 5.32 Å². The molecule has 3 rings (SSSR count). The van der Waals surface area contributed by atoms with E-state index < -0.39 is 4.92 Å². The van der Waals surface area contributed by atoms with E-state index in [1.165, 1.54) is 55.6 Å². The number of nitro groups is 1. The number of anilines is 1. The predicted octanol–water partition coefficient (Wildman–Crippen LogP) is 3.83. The van der Waals surface area contributed by atoms with Crippen molar-refractivity contribution in [1.82, 2.24) is 15.2 Å². The highest BCUT2D eigenvalue weighted by Crippen LogP contribution is 2.29. The Morgan fingerprint density at radius 3 is 2.92 bits per heavy atom. The molecule has 26 heavy (non-hydrogen) atoms. The number of H-pyrrole nitrogens is 1. The largest absolute Gasteiger partial charge is 0.320 e. The van der Waals surface area contributed by atoms with Gasteiger partial charge in [-0.2, -0.15) is 0 Å². The fourth-order valence-corrected chi connectivity index (χ4v) is 3.78. The Kier molecular flexibility index (Phi) is 6.10.